The molecule has 0 amide bonds. The number of ether oxygens (including phenoxy) is 3. The maximum Gasteiger partial charge on any atom is 0.167 e. The first-order valence-electron chi connectivity index (χ1n) is 6.94. The Morgan fingerprint density at radius 2 is 2.14 bits per heavy atom. The predicted octanol–water partition coefficient (Wildman–Crippen LogP) is 0.847. The van der Waals surface area contributed by atoms with Crippen LogP contribution in [-0.4, -0.2) is 44.1 Å². The van der Waals surface area contributed by atoms with Crippen molar-refractivity contribution in [3.63, 3.8) is 0 Å². The van der Waals surface area contributed by atoms with Crippen molar-refractivity contribution in [3.05, 3.63) is 12.7 Å². The molecule has 2 aliphatic heterocycles. The lowest BCUT2D eigenvalue weighted by atomic mass is 10.1. The molecule has 2 fully saturated rings. The molecule has 112 valence electrons. The smallest absolute Gasteiger partial charge is 0.167 e. The van der Waals surface area contributed by atoms with Crippen LogP contribution < -0.4 is 5.73 Å². The van der Waals surface area contributed by atoms with Gasteiger partial charge in [-0.3, -0.25) is 4.57 Å². The minimum atomic E-state index is -0.566. The summed E-state index contributed by atoms with van der Waals surface area (Å²) in [6.45, 7) is 4.35. The topological polar surface area (TPSA) is 97.3 Å². The van der Waals surface area contributed by atoms with E-state index < -0.39 is 5.79 Å². The summed E-state index contributed by atoms with van der Waals surface area (Å²) in [4.78, 5) is 12.5. The van der Waals surface area contributed by atoms with Crippen molar-refractivity contribution < 1.29 is 14.2 Å². The molecule has 2 aliphatic rings. The van der Waals surface area contributed by atoms with Gasteiger partial charge in [-0.25, -0.2) is 15.0 Å². The fourth-order valence-electron chi connectivity index (χ4n) is 2.91. The van der Waals surface area contributed by atoms with Crippen LogP contribution in [0.5, 0.6) is 0 Å². The number of imidazole rings is 1. The second-order valence-electron chi connectivity index (χ2n) is 5.81. The number of anilines is 1. The standard InChI is InChI=1S/C13H17N5O3/c1-13(2)19-4-8-7(21-13)3-9(20-8)18-6-17-10-11(14)15-5-16-12(10)18/h5-9H,3-4H2,1-2H3,(H2,14,15,16)/t7-,8-,9-/m0/s1. The third-order valence-corrected chi connectivity index (χ3v) is 3.91. The molecule has 21 heavy (non-hydrogen) atoms. The number of nitrogen functional groups attached to an aromatic ring is 1. The van der Waals surface area contributed by atoms with Crippen molar-refractivity contribution in [2.75, 3.05) is 12.3 Å². The van der Waals surface area contributed by atoms with E-state index in [1.54, 1.807) is 6.33 Å². The van der Waals surface area contributed by atoms with E-state index in [1.807, 2.05) is 18.4 Å². The minimum Gasteiger partial charge on any atom is -0.382 e. The van der Waals surface area contributed by atoms with Crippen LogP contribution in [0.15, 0.2) is 12.7 Å². The third-order valence-electron chi connectivity index (χ3n) is 3.91. The number of hydrogen-bond acceptors (Lipinski definition) is 7. The van der Waals surface area contributed by atoms with E-state index in [0.29, 0.717) is 23.6 Å². The summed E-state index contributed by atoms with van der Waals surface area (Å²) in [7, 11) is 0. The van der Waals surface area contributed by atoms with Gasteiger partial charge in [-0.15, -0.1) is 0 Å². The highest BCUT2D eigenvalue weighted by Gasteiger charge is 2.45. The van der Waals surface area contributed by atoms with E-state index >= 15 is 0 Å². The molecule has 0 unspecified atom stereocenters. The van der Waals surface area contributed by atoms with E-state index in [-0.39, 0.29) is 18.4 Å². The fourth-order valence-corrected chi connectivity index (χ4v) is 2.91. The van der Waals surface area contributed by atoms with Gasteiger partial charge in [-0.1, -0.05) is 0 Å². The first kappa shape index (κ1) is 12.9. The van der Waals surface area contributed by atoms with Crippen LogP contribution in [0.1, 0.15) is 26.5 Å². The molecule has 2 saturated heterocycles. The highest BCUT2D eigenvalue weighted by molar-refractivity contribution is 5.81. The monoisotopic (exact) mass is 291 g/mol. The number of fused-ring (bicyclic) bond motifs is 2. The van der Waals surface area contributed by atoms with Crippen LogP contribution in [0.25, 0.3) is 11.2 Å². The van der Waals surface area contributed by atoms with E-state index in [9.17, 15) is 0 Å². The zero-order valence-corrected chi connectivity index (χ0v) is 11.9. The van der Waals surface area contributed by atoms with Crippen molar-refractivity contribution in [2.24, 2.45) is 0 Å². The molecule has 0 saturated carbocycles. The zero-order chi connectivity index (χ0) is 14.6. The van der Waals surface area contributed by atoms with E-state index in [4.69, 9.17) is 19.9 Å². The van der Waals surface area contributed by atoms with Crippen LogP contribution >= 0.6 is 0 Å². The van der Waals surface area contributed by atoms with Gasteiger partial charge < -0.3 is 19.9 Å². The summed E-state index contributed by atoms with van der Waals surface area (Å²) in [5.74, 6) is -0.196. The lowest BCUT2D eigenvalue weighted by molar-refractivity contribution is -0.293. The van der Waals surface area contributed by atoms with Crippen LogP contribution in [0.4, 0.5) is 5.82 Å². The predicted molar refractivity (Wildman–Crippen MR) is 73.2 cm³/mol. The Bertz CT molecular complexity index is 685. The van der Waals surface area contributed by atoms with Gasteiger partial charge in [0, 0.05) is 6.42 Å². The molecule has 3 atom stereocenters. The van der Waals surface area contributed by atoms with Gasteiger partial charge in [0.2, 0.25) is 0 Å². The first-order valence-corrected chi connectivity index (χ1v) is 6.94. The van der Waals surface area contributed by atoms with Gasteiger partial charge >= 0.3 is 0 Å². The van der Waals surface area contributed by atoms with Gasteiger partial charge in [-0.05, 0) is 13.8 Å². The summed E-state index contributed by atoms with van der Waals surface area (Å²) in [5, 5.41) is 0. The number of rotatable bonds is 1. The number of nitrogens with zero attached hydrogens (tertiary/aromatic N) is 4. The molecule has 2 aromatic rings. The number of nitrogens with two attached hydrogens (primary N) is 1. The molecule has 0 radical (unpaired) electrons. The Kier molecular flexibility index (Phi) is 2.69. The zero-order valence-electron chi connectivity index (χ0n) is 11.9. The largest absolute Gasteiger partial charge is 0.382 e. The van der Waals surface area contributed by atoms with Crippen molar-refractivity contribution in [1.82, 2.24) is 19.5 Å². The SMILES string of the molecule is CC1(C)OC[C@@H]2O[C@H](n3cnc4c(N)ncnc43)C[C@@H]2O1. The molecule has 8 nitrogen and oxygen atoms in total. The van der Waals surface area contributed by atoms with Crippen LogP contribution in [-0.2, 0) is 14.2 Å². The molecule has 4 rings (SSSR count). The van der Waals surface area contributed by atoms with Gasteiger partial charge in [0.05, 0.1) is 19.0 Å². The van der Waals surface area contributed by atoms with Gasteiger partial charge in [-0.2, -0.15) is 0 Å². The average Bonchev–Trinajstić information content (AvgIpc) is 3.01. The third kappa shape index (κ3) is 2.06. The van der Waals surface area contributed by atoms with E-state index in [1.165, 1.54) is 6.33 Å². The van der Waals surface area contributed by atoms with Crippen molar-refractivity contribution in [3.8, 4) is 0 Å². The molecule has 0 aromatic carbocycles. The Labute approximate surface area is 121 Å². The molecular weight excluding hydrogens is 274 g/mol. The van der Waals surface area contributed by atoms with E-state index in [2.05, 4.69) is 15.0 Å². The Morgan fingerprint density at radius 1 is 1.29 bits per heavy atom. The molecule has 0 aliphatic carbocycles. The molecular formula is C13H17N5O3. The average molecular weight is 291 g/mol. The van der Waals surface area contributed by atoms with Gasteiger partial charge in [0.25, 0.3) is 0 Å². The molecule has 2 N–H and O–H groups in total. The van der Waals surface area contributed by atoms with Crippen molar-refractivity contribution >= 4 is 17.0 Å². The summed E-state index contributed by atoms with van der Waals surface area (Å²) >= 11 is 0. The molecule has 0 bridgehead atoms. The number of aromatic nitrogens is 4. The molecule has 8 heteroatoms. The Hall–Kier alpha value is -1.77. The summed E-state index contributed by atoms with van der Waals surface area (Å²) < 4.78 is 19.5. The summed E-state index contributed by atoms with van der Waals surface area (Å²) in [6, 6.07) is 0. The van der Waals surface area contributed by atoms with Crippen molar-refractivity contribution in [2.45, 2.75) is 44.5 Å². The Balaban J connectivity index is 1.64. The summed E-state index contributed by atoms with van der Waals surface area (Å²) in [5.41, 5.74) is 7.07. The highest BCUT2D eigenvalue weighted by Crippen LogP contribution is 2.38. The molecule has 4 heterocycles. The van der Waals surface area contributed by atoms with Gasteiger partial charge in [0.1, 0.15) is 24.2 Å². The maximum atomic E-state index is 6.02. The Morgan fingerprint density at radius 3 is 3.00 bits per heavy atom. The van der Waals surface area contributed by atoms with Crippen LogP contribution in [0, 0.1) is 0 Å². The van der Waals surface area contributed by atoms with E-state index in [0.717, 1.165) is 6.42 Å². The highest BCUT2D eigenvalue weighted by atomic mass is 16.7. The second-order valence-corrected chi connectivity index (χ2v) is 5.81. The van der Waals surface area contributed by atoms with Crippen molar-refractivity contribution in [1.29, 1.82) is 0 Å². The lowest BCUT2D eigenvalue weighted by Gasteiger charge is -2.36. The molecule has 0 spiro atoms. The quantitative estimate of drug-likeness (QED) is 0.831. The maximum absolute atomic E-state index is 6.02. The lowest BCUT2D eigenvalue weighted by Crippen LogP contribution is -2.46. The van der Waals surface area contributed by atoms with Gasteiger partial charge in [0.15, 0.2) is 17.3 Å². The first-order chi connectivity index (χ1) is 10.0. The second kappa shape index (κ2) is 4.36. The number of hydrogen-bond donors (Lipinski definition) is 1. The summed E-state index contributed by atoms with van der Waals surface area (Å²) in [6.07, 6.45) is 3.60. The van der Waals surface area contributed by atoms with Crippen LogP contribution in [0.2, 0.25) is 0 Å². The normalized spacial score (nSPS) is 31.4. The molecule has 2 aromatic heterocycles. The minimum absolute atomic E-state index is 0.00961. The van der Waals surface area contributed by atoms with Crippen LogP contribution in [0.3, 0.4) is 0 Å². The fraction of sp³-hybridized carbons (Fsp3) is 0.615.